The molecule has 1 saturated heterocycles. The van der Waals surface area contributed by atoms with Crippen LogP contribution in [-0.4, -0.2) is 54.7 Å². The summed E-state index contributed by atoms with van der Waals surface area (Å²) in [5.74, 6) is -2.11. The van der Waals surface area contributed by atoms with E-state index in [4.69, 9.17) is 18.9 Å². The molecule has 1 aliphatic rings. The van der Waals surface area contributed by atoms with Crippen molar-refractivity contribution in [3.63, 3.8) is 0 Å². The van der Waals surface area contributed by atoms with Crippen molar-refractivity contribution in [2.24, 2.45) is 5.92 Å². The summed E-state index contributed by atoms with van der Waals surface area (Å²) in [4.78, 5) is 27.6. The molecule has 0 N–H and O–H groups in total. The van der Waals surface area contributed by atoms with E-state index in [1.807, 2.05) is 30.3 Å². The molecule has 9 heteroatoms. The second-order valence-electron chi connectivity index (χ2n) is 10.9. The molecule has 4 unspecified atom stereocenters. The minimum absolute atomic E-state index is 0.152. The van der Waals surface area contributed by atoms with Crippen LogP contribution in [0.1, 0.15) is 58.1 Å². The number of esters is 1. The Labute approximate surface area is 229 Å². The van der Waals surface area contributed by atoms with E-state index in [-0.39, 0.29) is 25.7 Å². The van der Waals surface area contributed by atoms with Gasteiger partial charge in [-0.05, 0) is 70.1 Å². The van der Waals surface area contributed by atoms with E-state index in [1.54, 1.807) is 27.7 Å². The summed E-state index contributed by atoms with van der Waals surface area (Å²) in [5.41, 5.74) is 0.537. The van der Waals surface area contributed by atoms with E-state index in [0.717, 1.165) is 11.6 Å². The lowest BCUT2D eigenvalue weighted by molar-refractivity contribution is -0.166. The van der Waals surface area contributed by atoms with Crippen molar-refractivity contribution in [1.82, 2.24) is 4.90 Å². The molecule has 1 amide bonds. The van der Waals surface area contributed by atoms with E-state index < -0.39 is 47.5 Å². The van der Waals surface area contributed by atoms with Gasteiger partial charge in [0.2, 0.25) is 0 Å². The Hall–Kier alpha value is -3.04. The van der Waals surface area contributed by atoms with E-state index in [0.29, 0.717) is 24.8 Å². The van der Waals surface area contributed by atoms with Crippen LogP contribution in [0.2, 0.25) is 0 Å². The maximum atomic E-state index is 14.6. The predicted octanol–water partition coefficient (Wildman–Crippen LogP) is 6.03. The number of hydrogen-bond donors (Lipinski definition) is 0. The molecule has 4 atom stereocenters. The first kappa shape index (κ1) is 30.5. The average molecular weight is 548 g/mol. The van der Waals surface area contributed by atoms with Gasteiger partial charge in [-0.15, -0.1) is 0 Å². The number of amides is 1. The van der Waals surface area contributed by atoms with Crippen molar-refractivity contribution in [3.8, 4) is 0 Å². The SMILES string of the molecule is COCN(C(=O)OC(C)(C)C)C1CCCC(Cc2ccc(F)cc2F)C(OCc2ccccc2)C(C)OC1=O. The van der Waals surface area contributed by atoms with Gasteiger partial charge in [0.25, 0.3) is 0 Å². The van der Waals surface area contributed by atoms with Crippen molar-refractivity contribution >= 4 is 12.1 Å². The van der Waals surface area contributed by atoms with E-state index >= 15 is 0 Å². The highest BCUT2D eigenvalue weighted by Gasteiger charge is 2.39. The molecule has 0 spiro atoms. The fourth-order valence-corrected chi connectivity index (χ4v) is 4.81. The Morgan fingerprint density at radius 3 is 2.46 bits per heavy atom. The maximum Gasteiger partial charge on any atom is 0.412 e. The molecule has 1 heterocycles. The minimum atomic E-state index is -0.932. The van der Waals surface area contributed by atoms with Gasteiger partial charge in [-0.3, -0.25) is 4.90 Å². The Morgan fingerprint density at radius 1 is 1.10 bits per heavy atom. The topological polar surface area (TPSA) is 74.3 Å². The van der Waals surface area contributed by atoms with Gasteiger partial charge >= 0.3 is 12.1 Å². The zero-order chi connectivity index (χ0) is 28.6. The Morgan fingerprint density at radius 2 is 1.82 bits per heavy atom. The van der Waals surface area contributed by atoms with Crippen LogP contribution in [0.5, 0.6) is 0 Å². The number of cyclic esters (lactones) is 1. The highest BCUT2D eigenvalue weighted by molar-refractivity contribution is 5.81. The quantitative estimate of drug-likeness (QED) is 0.297. The summed E-state index contributed by atoms with van der Waals surface area (Å²) in [6.45, 7) is 7.08. The van der Waals surface area contributed by atoms with Crippen LogP contribution in [0.15, 0.2) is 48.5 Å². The molecule has 0 saturated carbocycles. The van der Waals surface area contributed by atoms with Crippen molar-refractivity contribution in [3.05, 3.63) is 71.3 Å². The molecule has 7 nitrogen and oxygen atoms in total. The van der Waals surface area contributed by atoms with Crippen molar-refractivity contribution in [2.75, 3.05) is 13.8 Å². The number of methoxy groups -OCH3 is 1. The van der Waals surface area contributed by atoms with Gasteiger partial charge in [0, 0.05) is 13.2 Å². The first-order chi connectivity index (χ1) is 18.5. The lowest BCUT2D eigenvalue weighted by Gasteiger charge is -2.33. The summed E-state index contributed by atoms with van der Waals surface area (Å²) < 4.78 is 51.2. The standard InChI is InChI=1S/C30H39F2NO6/c1-20-27(37-18-21-10-7-6-8-11-21)23(16-22-14-15-24(31)17-25(22)32)12-9-13-26(28(34)38-20)33(19-36-5)29(35)39-30(2,3)4/h6-8,10-11,14-15,17,20,23,26-27H,9,12-13,16,18-19H2,1-5H3. The lowest BCUT2D eigenvalue weighted by atomic mass is 9.86. The van der Waals surface area contributed by atoms with Crippen molar-refractivity contribution in [2.45, 2.75) is 83.8 Å². The third-order valence-electron chi connectivity index (χ3n) is 6.61. The van der Waals surface area contributed by atoms with Crippen LogP contribution >= 0.6 is 0 Å². The second-order valence-corrected chi connectivity index (χ2v) is 10.9. The van der Waals surface area contributed by atoms with Gasteiger partial charge < -0.3 is 18.9 Å². The molecule has 2 aromatic rings. The van der Waals surface area contributed by atoms with Crippen molar-refractivity contribution in [1.29, 1.82) is 0 Å². The predicted molar refractivity (Wildman–Crippen MR) is 142 cm³/mol. The number of ether oxygens (including phenoxy) is 4. The molecule has 3 rings (SSSR count). The molecule has 0 bridgehead atoms. The summed E-state index contributed by atoms with van der Waals surface area (Å²) >= 11 is 0. The number of carbonyl (C=O) groups is 2. The molecular formula is C30H39F2NO6. The van der Waals surface area contributed by atoms with E-state index in [2.05, 4.69) is 0 Å². The normalized spacial score (nSPS) is 22.3. The highest BCUT2D eigenvalue weighted by Crippen LogP contribution is 2.30. The van der Waals surface area contributed by atoms with Gasteiger partial charge in [-0.1, -0.05) is 42.8 Å². The van der Waals surface area contributed by atoms with Gasteiger partial charge in [0.15, 0.2) is 0 Å². The summed E-state index contributed by atoms with van der Waals surface area (Å²) in [5, 5.41) is 0. The molecule has 214 valence electrons. The monoisotopic (exact) mass is 547 g/mol. The summed E-state index contributed by atoms with van der Waals surface area (Å²) in [6.07, 6.45) is -0.321. The van der Waals surface area contributed by atoms with Crippen LogP contribution in [-0.2, 0) is 36.8 Å². The number of hydrogen-bond acceptors (Lipinski definition) is 6. The third-order valence-corrected chi connectivity index (χ3v) is 6.61. The molecule has 1 fully saturated rings. The Bertz CT molecular complexity index is 1090. The molecule has 2 aromatic carbocycles. The average Bonchev–Trinajstić information content (AvgIpc) is 2.91. The van der Waals surface area contributed by atoms with Crippen molar-refractivity contribution < 1.29 is 37.3 Å². The minimum Gasteiger partial charge on any atom is -0.458 e. The second kappa shape index (κ2) is 13.8. The lowest BCUT2D eigenvalue weighted by Crippen LogP contribution is -2.49. The van der Waals surface area contributed by atoms with Gasteiger partial charge in [-0.2, -0.15) is 0 Å². The van der Waals surface area contributed by atoms with E-state index in [1.165, 1.54) is 24.1 Å². The summed E-state index contributed by atoms with van der Waals surface area (Å²) in [6, 6.07) is 12.2. The number of nitrogens with zero attached hydrogens (tertiary/aromatic N) is 1. The third kappa shape index (κ3) is 9.00. The first-order valence-corrected chi connectivity index (χ1v) is 13.3. The first-order valence-electron chi connectivity index (χ1n) is 13.3. The number of halogens is 2. The van der Waals surface area contributed by atoms with Gasteiger partial charge in [0.05, 0.1) is 12.7 Å². The van der Waals surface area contributed by atoms with Gasteiger partial charge in [-0.25, -0.2) is 18.4 Å². The number of rotatable bonds is 8. The van der Waals surface area contributed by atoms with Crippen LogP contribution in [0, 0.1) is 17.6 Å². The largest absolute Gasteiger partial charge is 0.458 e. The fourth-order valence-electron chi connectivity index (χ4n) is 4.81. The summed E-state index contributed by atoms with van der Waals surface area (Å²) in [7, 11) is 1.43. The van der Waals surface area contributed by atoms with Crippen LogP contribution < -0.4 is 0 Å². The number of benzene rings is 2. The Balaban J connectivity index is 1.88. The maximum absolute atomic E-state index is 14.6. The Kier molecular flexibility index (Phi) is 10.8. The molecule has 1 aliphatic heterocycles. The van der Waals surface area contributed by atoms with Crippen LogP contribution in [0.3, 0.4) is 0 Å². The molecule has 0 aliphatic carbocycles. The smallest absolute Gasteiger partial charge is 0.412 e. The molecular weight excluding hydrogens is 508 g/mol. The zero-order valence-electron chi connectivity index (χ0n) is 23.3. The van der Waals surface area contributed by atoms with Crippen LogP contribution in [0.4, 0.5) is 13.6 Å². The molecule has 0 radical (unpaired) electrons. The van der Waals surface area contributed by atoms with E-state index in [9.17, 15) is 18.4 Å². The molecule has 39 heavy (non-hydrogen) atoms. The molecule has 0 aromatic heterocycles. The zero-order valence-corrected chi connectivity index (χ0v) is 23.3. The highest BCUT2D eigenvalue weighted by atomic mass is 19.1. The fraction of sp³-hybridized carbons (Fsp3) is 0.533. The number of carbonyl (C=O) groups excluding carboxylic acids is 2. The van der Waals surface area contributed by atoms with Crippen LogP contribution in [0.25, 0.3) is 0 Å². The van der Waals surface area contributed by atoms with Gasteiger partial charge in [0.1, 0.15) is 36.1 Å².